The van der Waals surface area contributed by atoms with Crippen LogP contribution in [0.4, 0.5) is 0 Å². The maximum atomic E-state index is 6.08. The van der Waals surface area contributed by atoms with Crippen molar-refractivity contribution < 1.29 is 0 Å². The summed E-state index contributed by atoms with van der Waals surface area (Å²) >= 11 is 24.3. The molecule has 0 saturated carbocycles. The molecule has 1 heterocycles. The third kappa shape index (κ3) is 3.96. The van der Waals surface area contributed by atoms with Crippen LogP contribution in [-0.2, 0) is 0 Å². The Hall–Kier alpha value is -1.32. The van der Waals surface area contributed by atoms with Gasteiger partial charge >= 0.3 is 0 Å². The molecule has 2 aromatic carbocycles. The van der Waals surface area contributed by atoms with E-state index in [0.29, 0.717) is 25.9 Å². The largest absolute Gasteiger partial charge is 0.233 e. The Balaban J connectivity index is 2.16. The van der Waals surface area contributed by atoms with Gasteiger partial charge in [0.25, 0.3) is 0 Å². The maximum Gasteiger partial charge on any atom is 0.126 e. The third-order valence-corrected chi connectivity index (χ3v) is 4.03. The van der Waals surface area contributed by atoms with Crippen molar-refractivity contribution in [2.75, 3.05) is 0 Å². The molecule has 0 unspecified atom stereocenters. The summed E-state index contributed by atoms with van der Waals surface area (Å²) in [5.74, 6) is 0.629. The molecule has 0 aliphatic carbocycles. The smallest absolute Gasteiger partial charge is 0.126 e. The van der Waals surface area contributed by atoms with Crippen LogP contribution in [0.3, 0.4) is 0 Å². The predicted octanol–water partition coefficient (Wildman–Crippen LogP) is 6.73. The molecule has 116 valence electrons. The number of aryl methyl sites for hydroxylation is 1. The second-order valence-corrected chi connectivity index (χ2v) is 6.75. The van der Waals surface area contributed by atoms with Crippen LogP contribution in [0.2, 0.25) is 20.1 Å². The zero-order valence-electron chi connectivity index (χ0n) is 11.9. The lowest BCUT2D eigenvalue weighted by Gasteiger charge is -2.08. The number of benzene rings is 2. The molecule has 2 nitrogen and oxygen atoms in total. The van der Waals surface area contributed by atoms with Gasteiger partial charge in [-0.2, -0.15) is 0 Å². The first kappa shape index (κ1) is 16.5. The zero-order chi connectivity index (χ0) is 16.6. The maximum absolute atomic E-state index is 6.08. The van der Waals surface area contributed by atoms with E-state index in [1.165, 1.54) is 0 Å². The monoisotopic (exact) mass is 382 g/mol. The number of aromatic nitrogens is 2. The highest BCUT2D eigenvalue weighted by molar-refractivity contribution is 6.35. The first-order valence-corrected chi connectivity index (χ1v) is 8.20. The Bertz CT molecular complexity index is 784. The molecule has 0 atom stereocenters. The number of rotatable bonds is 2. The van der Waals surface area contributed by atoms with Gasteiger partial charge in [0.15, 0.2) is 0 Å². The summed E-state index contributed by atoms with van der Waals surface area (Å²) in [4.78, 5) is 8.92. The summed E-state index contributed by atoms with van der Waals surface area (Å²) < 4.78 is 0. The second kappa shape index (κ2) is 6.66. The highest BCUT2D eigenvalue weighted by atomic mass is 35.5. The molecular formula is C17H10Cl4N2. The first-order chi connectivity index (χ1) is 10.9. The molecular weight excluding hydrogens is 374 g/mol. The van der Waals surface area contributed by atoms with Crippen molar-refractivity contribution in [3.8, 4) is 22.5 Å². The van der Waals surface area contributed by atoms with E-state index in [1.54, 1.807) is 12.1 Å². The lowest BCUT2D eigenvalue weighted by molar-refractivity contribution is 1.06. The van der Waals surface area contributed by atoms with Crippen molar-refractivity contribution in [2.24, 2.45) is 0 Å². The molecule has 0 fully saturated rings. The van der Waals surface area contributed by atoms with Gasteiger partial charge in [-0.05, 0) is 49.4 Å². The molecule has 0 aliphatic heterocycles. The number of halogens is 4. The fourth-order valence-electron chi connectivity index (χ4n) is 2.27. The fraction of sp³-hybridized carbons (Fsp3) is 0.0588. The van der Waals surface area contributed by atoms with Crippen LogP contribution in [-0.4, -0.2) is 9.97 Å². The van der Waals surface area contributed by atoms with E-state index in [2.05, 4.69) is 9.97 Å². The SMILES string of the molecule is Cc1nc(-c2cc(Cl)cc(Cl)c2)cc(-c2cc(Cl)cc(Cl)c2)n1. The minimum Gasteiger partial charge on any atom is -0.233 e. The molecule has 0 saturated heterocycles. The van der Waals surface area contributed by atoms with E-state index in [0.717, 1.165) is 22.5 Å². The molecule has 0 radical (unpaired) electrons. The molecule has 1 aromatic heterocycles. The molecule has 0 spiro atoms. The molecule has 0 aliphatic rings. The normalized spacial score (nSPS) is 10.8. The van der Waals surface area contributed by atoms with Crippen LogP contribution >= 0.6 is 46.4 Å². The van der Waals surface area contributed by atoms with E-state index in [1.807, 2.05) is 37.3 Å². The number of hydrogen-bond donors (Lipinski definition) is 0. The number of nitrogens with zero attached hydrogens (tertiary/aromatic N) is 2. The standard InChI is InChI=1S/C17H10Cl4N2/c1-9-22-16(10-2-12(18)6-13(19)3-10)8-17(23-9)11-4-14(20)7-15(21)5-11/h2-8H,1H3. The molecule has 23 heavy (non-hydrogen) atoms. The quantitative estimate of drug-likeness (QED) is 0.490. The first-order valence-electron chi connectivity index (χ1n) is 6.69. The summed E-state index contributed by atoms with van der Waals surface area (Å²) in [6, 6.07) is 12.5. The highest BCUT2D eigenvalue weighted by Crippen LogP contribution is 2.30. The molecule has 6 heteroatoms. The van der Waals surface area contributed by atoms with Crippen LogP contribution in [0.5, 0.6) is 0 Å². The van der Waals surface area contributed by atoms with E-state index in [-0.39, 0.29) is 0 Å². The van der Waals surface area contributed by atoms with Crippen molar-refractivity contribution in [3.05, 3.63) is 68.4 Å². The summed E-state index contributed by atoms with van der Waals surface area (Å²) in [6.07, 6.45) is 0. The van der Waals surface area contributed by atoms with Crippen molar-refractivity contribution in [3.63, 3.8) is 0 Å². The third-order valence-electron chi connectivity index (χ3n) is 3.15. The van der Waals surface area contributed by atoms with Crippen molar-refractivity contribution in [1.82, 2.24) is 9.97 Å². The summed E-state index contributed by atoms with van der Waals surface area (Å²) in [6.45, 7) is 1.82. The van der Waals surface area contributed by atoms with Gasteiger partial charge in [0.1, 0.15) is 5.82 Å². The Morgan fingerprint density at radius 3 is 1.26 bits per heavy atom. The van der Waals surface area contributed by atoms with Gasteiger partial charge in [-0.25, -0.2) is 9.97 Å². The van der Waals surface area contributed by atoms with Crippen LogP contribution in [0, 0.1) is 6.92 Å². The average molecular weight is 384 g/mol. The molecule has 3 rings (SSSR count). The molecule has 0 amide bonds. The Morgan fingerprint density at radius 2 is 0.913 bits per heavy atom. The van der Waals surface area contributed by atoms with Crippen LogP contribution in [0.1, 0.15) is 5.82 Å². The van der Waals surface area contributed by atoms with E-state index < -0.39 is 0 Å². The van der Waals surface area contributed by atoms with Gasteiger partial charge in [0.05, 0.1) is 11.4 Å². The summed E-state index contributed by atoms with van der Waals surface area (Å²) in [5, 5.41) is 2.21. The van der Waals surface area contributed by atoms with Crippen molar-refractivity contribution in [2.45, 2.75) is 6.92 Å². The van der Waals surface area contributed by atoms with E-state index in [9.17, 15) is 0 Å². The minimum atomic E-state index is 0.552. The number of hydrogen-bond acceptors (Lipinski definition) is 2. The van der Waals surface area contributed by atoms with Gasteiger partial charge in [-0.1, -0.05) is 46.4 Å². The van der Waals surface area contributed by atoms with Crippen LogP contribution in [0.15, 0.2) is 42.5 Å². The average Bonchev–Trinajstić information content (AvgIpc) is 2.44. The minimum absolute atomic E-state index is 0.552. The summed E-state index contributed by atoms with van der Waals surface area (Å²) in [7, 11) is 0. The molecule has 0 bridgehead atoms. The van der Waals surface area contributed by atoms with Crippen molar-refractivity contribution >= 4 is 46.4 Å². The Morgan fingerprint density at radius 1 is 0.565 bits per heavy atom. The zero-order valence-corrected chi connectivity index (χ0v) is 15.0. The second-order valence-electron chi connectivity index (χ2n) is 5.00. The Labute approximate surface area is 154 Å². The van der Waals surface area contributed by atoms with Gasteiger partial charge in [0, 0.05) is 31.2 Å². The summed E-state index contributed by atoms with van der Waals surface area (Å²) in [5.41, 5.74) is 3.10. The van der Waals surface area contributed by atoms with Gasteiger partial charge in [-0.15, -0.1) is 0 Å². The lowest BCUT2D eigenvalue weighted by atomic mass is 10.1. The molecule has 3 aromatic rings. The highest BCUT2D eigenvalue weighted by Gasteiger charge is 2.09. The van der Waals surface area contributed by atoms with Crippen LogP contribution < -0.4 is 0 Å². The fourth-order valence-corrected chi connectivity index (χ4v) is 3.32. The van der Waals surface area contributed by atoms with E-state index in [4.69, 9.17) is 46.4 Å². The topological polar surface area (TPSA) is 25.8 Å². The van der Waals surface area contributed by atoms with Gasteiger partial charge < -0.3 is 0 Å². The predicted molar refractivity (Wildman–Crippen MR) is 97.7 cm³/mol. The molecule has 0 N–H and O–H groups in total. The lowest BCUT2D eigenvalue weighted by Crippen LogP contribution is -1.95. The van der Waals surface area contributed by atoms with Crippen LogP contribution in [0.25, 0.3) is 22.5 Å². The van der Waals surface area contributed by atoms with Gasteiger partial charge in [0.2, 0.25) is 0 Å². The van der Waals surface area contributed by atoms with Gasteiger partial charge in [-0.3, -0.25) is 0 Å². The Kier molecular flexibility index (Phi) is 4.79. The van der Waals surface area contributed by atoms with E-state index >= 15 is 0 Å². The van der Waals surface area contributed by atoms with Crippen molar-refractivity contribution in [1.29, 1.82) is 0 Å².